The third-order valence-electron chi connectivity index (χ3n) is 5.33. The molecule has 166 valence electrons. The molecule has 0 spiro atoms. The summed E-state index contributed by atoms with van der Waals surface area (Å²) in [6.07, 6.45) is 7.66. The highest BCUT2D eigenvalue weighted by atomic mass is 32.2. The molecule has 2 N–H and O–H groups in total. The van der Waals surface area contributed by atoms with Gasteiger partial charge in [-0.1, -0.05) is 78.4 Å². The second kappa shape index (κ2) is 11.4. The molecule has 0 saturated heterocycles. The molecule has 6 heteroatoms. The first kappa shape index (κ1) is 23.4. The minimum absolute atomic E-state index is 0.235. The number of benzene rings is 2. The molecule has 2 atom stereocenters. The van der Waals surface area contributed by atoms with Crippen LogP contribution in [-0.2, 0) is 14.8 Å². The largest absolute Gasteiger partial charge is 0.376 e. The fourth-order valence-corrected chi connectivity index (χ4v) is 4.44. The molecule has 1 aliphatic rings. The van der Waals surface area contributed by atoms with Crippen molar-refractivity contribution in [2.45, 2.75) is 31.8 Å². The number of allylic oxidation sites excluding steroid dienone is 3. The van der Waals surface area contributed by atoms with Crippen molar-refractivity contribution in [3.63, 3.8) is 0 Å². The fraction of sp³-hybridized carbons (Fsp3) is 0.360. The summed E-state index contributed by atoms with van der Waals surface area (Å²) in [5.74, 6) is 0. The van der Waals surface area contributed by atoms with Crippen LogP contribution in [0.25, 0.3) is 0 Å². The van der Waals surface area contributed by atoms with Crippen LogP contribution in [0.15, 0.2) is 84.0 Å². The van der Waals surface area contributed by atoms with Gasteiger partial charge in [-0.2, -0.15) is 0 Å². The fourth-order valence-electron chi connectivity index (χ4n) is 3.70. The number of hydrogen-bond acceptors (Lipinski definition) is 4. The van der Waals surface area contributed by atoms with Crippen LogP contribution >= 0.6 is 0 Å². The molecule has 2 unspecified atom stereocenters. The Balaban J connectivity index is 1.70. The van der Waals surface area contributed by atoms with Crippen molar-refractivity contribution >= 4 is 10.0 Å². The summed E-state index contributed by atoms with van der Waals surface area (Å²) in [4.78, 5) is 0. The van der Waals surface area contributed by atoms with Gasteiger partial charge in [-0.3, -0.25) is 0 Å². The van der Waals surface area contributed by atoms with E-state index in [1.807, 2.05) is 60.7 Å². The first-order chi connectivity index (χ1) is 14.9. The molecular weight excluding hydrogens is 408 g/mol. The van der Waals surface area contributed by atoms with Crippen molar-refractivity contribution in [2.75, 3.05) is 26.0 Å². The maximum atomic E-state index is 12.2. The third kappa shape index (κ3) is 7.74. The molecular formula is C25H32N2O3S. The Labute approximate surface area is 186 Å². The van der Waals surface area contributed by atoms with Crippen LogP contribution < -0.4 is 10.0 Å². The quantitative estimate of drug-likeness (QED) is 0.512. The van der Waals surface area contributed by atoms with E-state index in [4.69, 9.17) is 4.74 Å². The lowest BCUT2D eigenvalue weighted by Crippen LogP contribution is -2.39. The summed E-state index contributed by atoms with van der Waals surface area (Å²) < 4.78 is 33.0. The number of rotatable bonds is 11. The van der Waals surface area contributed by atoms with Crippen LogP contribution in [0, 0.1) is 0 Å². The molecule has 0 amide bonds. The van der Waals surface area contributed by atoms with E-state index in [-0.39, 0.29) is 6.04 Å². The van der Waals surface area contributed by atoms with E-state index < -0.39 is 16.1 Å². The standard InChI is InChI=1S/C25H32N2O3S/c1-20-13-15-21(16-14-20)19-30-18-17-26-24(22-9-5-3-6-10-22)25(27-31(2,28)29)23-11-7-4-8-12-23/h3-13,15,24-27H,14,16-19H2,1-2H3. The molecule has 0 fully saturated rings. The van der Waals surface area contributed by atoms with Gasteiger partial charge in [-0.15, -0.1) is 0 Å². The van der Waals surface area contributed by atoms with E-state index in [1.165, 1.54) is 17.4 Å². The molecule has 0 aliphatic heterocycles. The summed E-state index contributed by atoms with van der Waals surface area (Å²) in [5.41, 5.74) is 4.64. The van der Waals surface area contributed by atoms with Crippen molar-refractivity contribution in [2.24, 2.45) is 0 Å². The van der Waals surface area contributed by atoms with Gasteiger partial charge in [0.1, 0.15) is 0 Å². The average molecular weight is 441 g/mol. The number of ether oxygens (including phenoxy) is 1. The first-order valence-corrected chi connectivity index (χ1v) is 12.5. The Kier molecular flexibility index (Phi) is 8.60. The minimum atomic E-state index is -3.41. The van der Waals surface area contributed by atoms with Crippen LogP contribution in [0.4, 0.5) is 0 Å². The zero-order valence-corrected chi connectivity index (χ0v) is 19.1. The van der Waals surface area contributed by atoms with Gasteiger partial charge in [-0.25, -0.2) is 13.1 Å². The Bertz CT molecular complexity index is 986. The topological polar surface area (TPSA) is 67.4 Å². The van der Waals surface area contributed by atoms with Gasteiger partial charge in [0.25, 0.3) is 0 Å². The van der Waals surface area contributed by atoms with E-state index in [0.717, 1.165) is 24.0 Å². The normalized spacial score (nSPS) is 16.3. The van der Waals surface area contributed by atoms with Gasteiger partial charge in [0.15, 0.2) is 0 Å². The minimum Gasteiger partial charge on any atom is -0.376 e. The lowest BCUT2D eigenvalue weighted by atomic mass is 9.94. The van der Waals surface area contributed by atoms with Crippen LogP contribution in [0.5, 0.6) is 0 Å². The Morgan fingerprint density at radius 1 is 0.903 bits per heavy atom. The van der Waals surface area contributed by atoms with Crippen molar-refractivity contribution in [1.82, 2.24) is 10.0 Å². The monoisotopic (exact) mass is 440 g/mol. The molecule has 0 heterocycles. The molecule has 2 aromatic rings. The third-order valence-corrected chi connectivity index (χ3v) is 6.02. The molecule has 31 heavy (non-hydrogen) atoms. The van der Waals surface area contributed by atoms with E-state index in [2.05, 4.69) is 29.1 Å². The molecule has 0 aromatic heterocycles. The highest BCUT2D eigenvalue weighted by Gasteiger charge is 2.27. The summed E-state index contributed by atoms with van der Waals surface area (Å²) >= 11 is 0. The SMILES string of the molecule is CC1=CC=C(COCCNC(c2ccccc2)C(NS(C)(=O)=O)c2ccccc2)CC1. The van der Waals surface area contributed by atoms with Crippen molar-refractivity contribution in [1.29, 1.82) is 0 Å². The Hall–Kier alpha value is -2.25. The van der Waals surface area contributed by atoms with Crippen LogP contribution in [0.2, 0.25) is 0 Å². The van der Waals surface area contributed by atoms with Crippen molar-refractivity contribution < 1.29 is 13.2 Å². The Morgan fingerprint density at radius 3 is 2.06 bits per heavy atom. The zero-order valence-electron chi connectivity index (χ0n) is 18.3. The predicted octanol–water partition coefficient (Wildman–Crippen LogP) is 4.29. The molecule has 2 aromatic carbocycles. The van der Waals surface area contributed by atoms with Gasteiger partial charge in [-0.05, 0) is 36.5 Å². The molecule has 0 radical (unpaired) electrons. The molecule has 3 rings (SSSR count). The second-order valence-electron chi connectivity index (χ2n) is 8.01. The highest BCUT2D eigenvalue weighted by molar-refractivity contribution is 7.88. The summed E-state index contributed by atoms with van der Waals surface area (Å²) in [7, 11) is -3.41. The van der Waals surface area contributed by atoms with Crippen LogP contribution in [-0.4, -0.2) is 34.4 Å². The predicted molar refractivity (Wildman–Crippen MR) is 126 cm³/mol. The van der Waals surface area contributed by atoms with E-state index in [9.17, 15) is 8.42 Å². The second-order valence-corrected chi connectivity index (χ2v) is 9.79. The lowest BCUT2D eigenvalue weighted by Gasteiger charge is -2.29. The lowest BCUT2D eigenvalue weighted by molar-refractivity contribution is 0.151. The maximum Gasteiger partial charge on any atom is 0.209 e. The zero-order chi connectivity index (χ0) is 22.1. The van der Waals surface area contributed by atoms with Crippen LogP contribution in [0.1, 0.15) is 43.0 Å². The molecule has 0 saturated carbocycles. The highest BCUT2D eigenvalue weighted by Crippen LogP contribution is 2.29. The van der Waals surface area contributed by atoms with Crippen LogP contribution in [0.3, 0.4) is 0 Å². The Morgan fingerprint density at radius 2 is 1.52 bits per heavy atom. The molecule has 5 nitrogen and oxygen atoms in total. The maximum absolute atomic E-state index is 12.2. The number of nitrogens with one attached hydrogen (secondary N) is 2. The number of hydrogen-bond donors (Lipinski definition) is 2. The average Bonchev–Trinajstić information content (AvgIpc) is 2.77. The molecule has 0 bridgehead atoms. The smallest absolute Gasteiger partial charge is 0.209 e. The van der Waals surface area contributed by atoms with Gasteiger partial charge in [0.2, 0.25) is 10.0 Å². The van der Waals surface area contributed by atoms with Gasteiger partial charge >= 0.3 is 0 Å². The van der Waals surface area contributed by atoms with Gasteiger partial charge < -0.3 is 10.1 Å². The van der Waals surface area contributed by atoms with E-state index >= 15 is 0 Å². The summed E-state index contributed by atoms with van der Waals surface area (Å²) in [6, 6.07) is 18.9. The van der Waals surface area contributed by atoms with Crippen molar-refractivity contribution in [3.05, 3.63) is 95.1 Å². The van der Waals surface area contributed by atoms with Gasteiger partial charge in [0.05, 0.1) is 31.6 Å². The number of sulfonamides is 1. The van der Waals surface area contributed by atoms with E-state index in [1.54, 1.807) is 0 Å². The summed E-state index contributed by atoms with van der Waals surface area (Å²) in [6.45, 7) is 3.93. The van der Waals surface area contributed by atoms with Gasteiger partial charge in [0, 0.05) is 6.54 Å². The van der Waals surface area contributed by atoms with E-state index in [0.29, 0.717) is 19.8 Å². The summed E-state index contributed by atoms with van der Waals surface area (Å²) in [5, 5.41) is 3.52. The van der Waals surface area contributed by atoms with Crippen molar-refractivity contribution in [3.8, 4) is 0 Å². The first-order valence-electron chi connectivity index (χ1n) is 10.7. The molecule has 1 aliphatic carbocycles.